The summed E-state index contributed by atoms with van der Waals surface area (Å²) in [6.07, 6.45) is 3.64. The van der Waals surface area contributed by atoms with Gasteiger partial charge in [-0.1, -0.05) is 17.7 Å². The van der Waals surface area contributed by atoms with Gasteiger partial charge in [-0.05, 0) is 65.5 Å². The standard InChI is InChI=1S/C22H32N2O5S/c1-5-28-20(25)22-14-18(24(22)29-21(3,4)15-22)12-13-23(17-8-9-17)30(26,27)19-10-6-16(2)7-11-19/h6-7,10-11,17-18H,5,8-9,12-15H2,1-4H3. The topological polar surface area (TPSA) is 76.2 Å². The molecule has 8 heteroatoms. The summed E-state index contributed by atoms with van der Waals surface area (Å²) in [4.78, 5) is 19.1. The molecule has 30 heavy (non-hydrogen) atoms. The number of nitrogens with zero attached hydrogens (tertiary/aromatic N) is 2. The zero-order chi connectivity index (χ0) is 21.7. The summed E-state index contributed by atoms with van der Waals surface area (Å²) in [5.74, 6) is -0.238. The Hall–Kier alpha value is -1.48. The lowest BCUT2D eigenvalue weighted by molar-refractivity contribution is -0.285. The molecule has 2 saturated heterocycles. The fourth-order valence-corrected chi connectivity index (χ4v) is 6.53. The highest BCUT2D eigenvalue weighted by atomic mass is 32.2. The first-order chi connectivity index (χ1) is 14.1. The van der Waals surface area contributed by atoms with E-state index in [4.69, 9.17) is 9.57 Å². The minimum Gasteiger partial charge on any atom is -0.465 e. The Labute approximate surface area is 179 Å². The number of fused-ring (bicyclic) bond motifs is 1. The largest absolute Gasteiger partial charge is 0.465 e. The first kappa shape index (κ1) is 21.7. The lowest BCUT2D eigenvalue weighted by Gasteiger charge is -2.50. The monoisotopic (exact) mass is 436 g/mol. The minimum absolute atomic E-state index is 0.00523. The minimum atomic E-state index is -3.54. The average molecular weight is 437 g/mol. The number of sulfonamides is 1. The number of ether oxygens (including phenoxy) is 1. The number of rotatable bonds is 8. The molecule has 166 valence electrons. The fourth-order valence-electron chi connectivity index (χ4n) is 4.83. The van der Waals surface area contributed by atoms with E-state index in [2.05, 4.69) is 0 Å². The number of hydroxylamine groups is 2. The molecule has 1 aromatic rings. The maximum atomic E-state index is 13.2. The van der Waals surface area contributed by atoms with Crippen molar-refractivity contribution in [3.8, 4) is 0 Å². The van der Waals surface area contributed by atoms with E-state index in [0.717, 1.165) is 18.4 Å². The lowest BCUT2D eigenvalue weighted by atomic mass is 9.75. The Kier molecular flexibility index (Phi) is 5.50. The number of aryl methyl sites for hydroxylation is 1. The van der Waals surface area contributed by atoms with Crippen molar-refractivity contribution in [2.75, 3.05) is 13.2 Å². The summed E-state index contributed by atoms with van der Waals surface area (Å²) in [6.45, 7) is 8.45. The summed E-state index contributed by atoms with van der Waals surface area (Å²) in [7, 11) is -3.54. The molecule has 0 bridgehead atoms. The third-order valence-electron chi connectivity index (χ3n) is 6.31. The van der Waals surface area contributed by atoms with Crippen molar-refractivity contribution in [2.45, 2.75) is 87.9 Å². The Bertz CT molecular complexity index is 910. The number of hydrogen-bond donors (Lipinski definition) is 0. The molecule has 4 rings (SSSR count). The fraction of sp³-hybridized carbons (Fsp3) is 0.682. The van der Waals surface area contributed by atoms with E-state index in [1.807, 2.05) is 32.9 Å². The van der Waals surface area contributed by atoms with E-state index < -0.39 is 21.2 Å². The number of benzene rings is 1. The molecular formula is C22H32N2O5S. The molecule has 2 unspecified atom stereocenters. The second kappa shape index (κ2) is 7.58. The Morgan fingerprint density at radius 1 is 1.27 bits per heavy atom. The molecule has 0 spiro atoms. The molecule has 2 heterocycles. The number of hydrogen-bond acceptors (Lipinski definition) is 6. The second-order valence-corrected chi connectivity index (χ2v) is 11.3. The van der Waals surface area contributed by atoms with Gasteiger partial charge in [-0.25, -0.2) is 13.2 Å². The third kappa shape index (κ3) is 3.79. The van der Waals surface area contributed by atoms with Crippen molar-refractivity contribution in [3.63, 3.8) is 0 Å². The van der Waals surface area contributed by atoms with Crippen LogP contribution in [0.25, 0.3) is 0 Å². The summed E-state index contributed by atoms with van der Waals surface area (Å²) < 4.78 is 33.4. The second-order valence-electron chi connectivity index (χ2n) is 9.41. The van der Waals surface area contributed by atoms with E-state index in [-0.39, 0.29) is 18.1 Å². The Balaban J connectivity index is 1.47. The van der Waals surface area contributed by atoms with Crippen LogP contribution in [0.3, 0.4) is 0 Å². The molecule has 2 aliphatic heterocycles. The van der Waals surface area contributed by atoms with Crippen molar-refractivity contribution in [3.05, 3.63) is 29.8 Å². The molecule has 1 saturated carbocycles. The molecule has 3 aliphatic rings. The van der Waals surface area contributed by atoms with Crippen LogP contribution in [0, 0.1) is 6.92 Å². The van der Waals surface area contributed by atoms with Crippen LogP contribution >= 0.6 is 0 Å². The highest BCUT2D eigenvalue weighted by Crippen LogP contribution is 2.52. The van der Waals surface area contributed by atoms with Gasteiger partial charge in [0.15, 0.2) is 0 Å². The molecule has 0 N–H and O–H groups in total. The van der Waals surface area contributed by atoms with Crippen LogP contribution in [0.4, 0.5) is 0 Å². The zero-order valence-electron chi connectivity index (χ0n) is 18.3. The third-order valence-corrected chi connectivity index (χ3v) is 8.28. The quantitative estimate of drug-likeness (QED) is 0.583. The predicted octanol–water partition coefficient (Wildman–Crippen LogP) is 3.03. The predicted molar refractivity (Wildman–Crippen MR) is 112 cm³/mol. The van der Waals surface area contributed by atoms with Crippen LogP contribution < -0.4 is 0 Å². The van der Waals surface area contributed by atoms with Crippen molar-refractivity contribution in [1.29, 1.82) is 0 Å². The van der Waals surface area contributed by atoms with Gasteiger partial charge in [-0.2, -0.15) is 9.37 Å². The van der Waals surface area contributed by atoms with Gasteiger partial charge in [0.25, 0.3) is 0 Å². The average Bonchev–Trinajstić information content (AvgIpc) is 3.46. The highest BCUT2D eigenvalue weighted by molar-refractivity contribution is 7.89. The number of esters is 1. The zero-order valence-corrected chi connectivity index (χ0v) is 19.1. The summed E-state index contributed by atoms with van der Waals surface area (Å²) in [6, 6.07) is 7.10. The Morgan fingerprint density at radius 2 is 1.93 bits per heavy atom. The lowest BCUT2D eigenvalue weighted by Crippen LogP contribution is -2.66. The molecule has 7 nitrogen and oxygen atoms in total. The Morgan fingerprint density at radius 3 is 2.53 bits per heavy atom. The number of carbonyl (C=O) groups is 1. The van der Waals surface area contributed by atoms with Crippen molar-refractivity contribution in [1.82, 2.24) is 9.37 Å². The van der Waals surface area contributed by atoms with E-state index in [1.54, 1.807) is 28.4 Å². The molecule has 1 aliphatic carbocycles. The van der Waals surface area contributed by atoms with Crippen LogP contribution in [-0.2, 0) is 24.4 Å². The van der Waals surface area contributed by atoms with Gasteiger partial charge in [-0.15, -0.1) is 0 Å². The molecule has 1 aromatic carbocycles. The molecule has 0 radical (unpaired) electrons. The maximum Gasteiger partial charge on any atom is 0.329 e. The smallest absolute Gasteiger partial charge is 0.329 e. The van der Waals surface area contributed by atoms with E-state index in [0.29, 0.717) is 37.3 Å². The van der Waals surface area contributed by atoms with E-state index in [1.165, 1.54) is 0 Å². The molecule has 0 aromatic heterocycles. The van der Waals surface area contributed by atoms with Crippen LogP contribution in [-0.4, -0.2) is 60.1 Å². The van der Waals surface area contributed by atoms with Gasteiger partial charge in [0.1, 0.15) is 5.54 Å². The van der Waals surface area contributed by atoms with Crippen molar-refractivity contribution >= 4 is 16.0 Å². The van der Waals surface area contributed by atoms with E-state index >= 15 is 0 Å². The molecule has 3 fully saturated rings. The maximum absolute atomic E-state index is 13.2. The van der Waals surface area contributed by atoms with Crippen LogP contribution in [0.2, 0.25) is 0 Å². The van der Waals surface area contributed by atoms with Gasteiger partial charge in [0.05, 0.1) is 17.1 Å². The van der Waals surface area contributed by atoms with Crippen LogP contribution in [0.1, 0.15) is 58.4 Å². The summed E-state index contributed by atoms with van der Waals surface area (Å²) >= 11 is 0. The van der Waals surface area contributed by atoms with Crippen molar-refractivity contribution in [2.24, 2.45) is 0 Å². The molecule has 0 amide bonds. The summed E-state index contributed by atoms with van der Waals surface area (Å²) in [5, 5.41) is 1.79. The highest BCUT2D eigenvalue weighted by Gasteiger charge is 2.66. The van der Waals surface area contributed by atoms with Gasteiger partial charge in [0.2, 0.25) is 10.0 Å². The number of carbonyl (C=O) groups excluding carboxylic acids is 1. The normalized spacial score (nSPS) is 28.2. The molecule has 2 atom stereocenters. The van der Waals surface area contributed by atoms with Gasteiger partial charge in [-0.3, -0.25) is 4.84 Å². The molecular weight excluding hydrogens is 404 g/mol. The van der Waals surface area contributed by atoms with Crippen LogP contribution in [0.15, 0.2) is 29.2 Å². The van der Waals surface area contributed by atoms with Crippen LogP contribution in [0.5, 0.6) is 0 Å². The van der Waals surface area contributed by atoms with Gasteiger partial charge < -0.3 is 4.74 Å². The van der Waals surface area contributed by atoms with Crippen molar-refractivity contribution < 1.29 is 22.8 Å². The van der Waals surface area contributed by atoms with E-state index in [9.17, 15) is 13.2 Å². The van der Waals surface area contributed by atoms with Gasteiger partial charge >= 0.3 is 5.97 Å². The SMILES string of the molecule is CCOC(=O)C12CC(CCN(C3CC3)S(=O)(=O)c3ccc(C)cc3)N1OC(C)(C)C2. The first-order valence-corrected chi connectivity index (χ1v) is 12.3. The van der Waals surface area contributed by atoms with Gasteiger partial charge in [0, 0.05) is 25.0 Å². The summed E-state index contributed by atoms with van der Waals surface area (Å²) in [5.41, 5.74) is -0.138. The first-order valence-electron chi connectivity index (χ1n) is 10.8.